The van der Waals surface area contributed by atoms with Crippen LogP contribution in [0.15, 0.2) is 34.9 Å². The molecule has 0 bridgehead atoms. The van der Waals surface area contributed by atoms with Crippen molar-refractivity contribution in [1.82, 2.24) is 15.0 Å². The number of aryl methyl sites for hydroxylation is 2. The molecule has 1 amide bonds. The predicted molar refractivity (Wildman–Crippen MR) is 94.8 cm³/mol. The van der Waals surface area contributed by atoms with Crippen molar-refractivity contribution in [1.29, 1.82) is 0 Å². The topological polar surface area (TPSA) is 68.5 Å². The third-order valence-corrected chi connectivity index (χ3v) is 4.12. The molecule has 0 unspecified atom stereocenters. The van der Waals surface area contributed by atoms with Crippen LogP contribution in [-0.4, -0.2) is 41.1 Å². The van der Waals surface area contributed by atoms with Gasteiger partial charge in [-0.2, -0.15) is 0 Å². The summed E-state index contributed by atoms with van der Waals surface area (Å²) < 4.78 is 23.7. The Morgan fingerprint density at radius 3 is 2.73 bits per heavy atom. The molecule has 0 aliphatic rings. The van der Waals surface area contributed by atoms with Gasteiger partial charge in [0.1, 0.15) is 18.2 Å². The van der Waals surface area contributed by atoms with Gasteiger partial charge in [-0.25, -0.2) is 9.37 Å². The zero-order chi connectivity index (χ0) is 18.7. The fourth-order valence-corrected chi connectivity index (χ4v) is 2.63. The fraction of sp³-hybridized carbons (Fsp3) is 0.316. The first-order valence-corrected chi connectivity index (χ1v) is 8.39. The number of hydrogen-bond acceptors (Lipinski definition) is 5. The quantitative estimate of drug-likeness (QED) is 0.676. The van der Waals surface area contributed by atoms with Crippen molar-refractivity contribution in [2.75, 3.05) is 20.2 Å². The monoisotopic (exact) mass is 357 g/mol. The van der Waals surface area contributed by atoms with E-state index in [2.05, 4.69) is 10.1 Å². The van der Waals surface area contributed by atoms with E-state index in [1.807, 2.05) is 6.92 Å². The van der Waals surface area contributed by atoms with E-state index in [4.69, 9.17) is 9.26 Å². The van der Waals surface area contributed by atoms with Crippen LogP contribution in [0.3, 0.4) is 0 Å². The number of amides is 1. The van der Waals surface area contributed by atoms with E-state index in [0.717, 1.165) is 5.69 Å². The highest BCUT2D eigenvalue weighted by Crippen LogP contribution is 2.23. The van der Waals surface area contributed by atoms with E-state index < -0.39 is 0 Å². The number of carbonyl (C=O) groups is 1. The second-order valence-corrected chi connectivity index (χ2v) is 5.99. The molecule has 0 radical (unpaired) electrons. The largest absolute Gasteiger partial charge is 0.492 e. The van der Waals surface area contributed by atoms with Crippen LogP contribution in [0.2, 0.25) is 0 Å². The molecule has 26 heavy (non-hydrogen) atoms. The SMILES string of the molecule is CCc1cc(C(=O)N(C)CCOc2ccc(F)cc2)c2c(C)noc2n1. The Hall–Kier alpha value is -2.96. The zero-order valence-corrected chi connectivity index (χ0v) is 15.0. The Morgan fingerprint density at radius 2 is 2.04 bits per heavy atom. The summed E-state index contributed by atoms with van der Waals surface area (Å²) in [6.45, 7) is 4.43. The number of likely N-dealkylation sites (N-methyl/N-ethyl adjacent to an activating group) is 1. The number of carbonyl (C=O) groups excluding carboxylic acids is 1. The number of pyridine rings is 1. The Bertz CT molecular complexity index is 922. The number of fused-ring (bicyclic) bond motifs is 1. The van der Waals surface area contributed by atoms with Gasteiger partial charge in [0.15, 0.2) is 0 Å². The second kappa shape index (κ2) is 7.51. The molecule has 0 aliphatic heterocycles. The standard InChI is InChI=1S/C19H20FN3O3/c1-4-14-11-16(17-12(2)22-26-18(17)21-14)19(24)23(3)9-10-25-15-7-5-13(20)6-8-15/h5-8,11H,4,9-10H2,1-3H3. The van der Waals surface area contributed by atoms with Crippen LogP contribution in [0.1, 0.15) is 28.7 Å². The number of nitrogens with zero attached hydrogens (tertiary/aromatic N) is 3. The predicted octanol–water partition coefficient (Wildman–Crippen LogP) is 3.38. The molecule has 6 nitrogen and oxygen atoms in total. The van der Waals surface area contributed by atoms with Gasteiger partial charge in [0.25, 0.3) is 11.6 Å². The summed E-state index contributed by atoms with van der Waals surface area (Å²) in [6.07, 6.45) is 0.688. The molecular weight excluding hydrogens is 337 g/mol. The van der Waals surface area contributed by atoms with Gasteiger partial charge in [-0.15, -0.1) is 0 Å². The minimum atomic E-state index is -0.317. The summed E-state index contributed by atoms with van der Waals surface area (Å²) in [5.41, 5.74) is 2.30. The van der Waals surface area contributed by atoms with Crippen molar-refractivity contribution in [3.63, 3.8) is 0 Å². The molecule has 0 spiro atoms. The van der Waals surface area contributed by atoms with E-state index >= 15 is 0 Å². The van der Waals surface area contributed by atoms with Crippen molar-refractivity contribution in [3.05, 3.63) is 53.1 Å². The van der Waals surface area contributed by atoms with Crippen LogP contribution >= 0.6 is 0 Å². The van der Waals surface area contributed by atoms with Gasteiger partial charge >= 0.3 is 0 Å². The number of halogens is 1. The molecular formula is C19H20FN3O3. The van der Waals surface area contributed by atoms with Crippen molar-refractivity contribution < 1.29 is 18.4 Å². The van der Waals surface area contributed by atoms with Crippen molar-refractivity contribution in [2.45, 2.75) is 20.3 Å². The average Bonchev–Trinajstić information content (AvgIpc) is 3.03. The molecule has 1 aromatic carbocycles. The van der Waals surface area contributed by atoms with Crippen LogP contribution < -0.4 is 4.74 Å². The number of benzene rings is 1. The number of rotatable bonds is 6. The molecule has 0 aliphatic carbocycles. The molecule has 3 aromatic rings. The molecule has 0 atom stereocenters. The van der Waals surface area contributed by atoms with Crippen molar-refractivity contribution in [3.8, 4) is 5.75 Å². The highest BCUT2D eigenvalue weighted by molar-refractivity contribution is 6.05. The molecule has 136 valence electrons. The number of aromatic nitrogens is 2. The van der Waals surface area contributed by atoms with Gasteiger partial charge in [-0.3, -0.25) is 4.79 Å². The van der Waals surface area contributed by atoms with Crippen LogP contribution in [0.25, 0.3) is 11.1 Å². The van der Waals surface area contributed by atoms with Crippen molar-refractivity contribution >= 4 is 17.0 Å². The maximum atomic E-state index is 12.9. The van der Waals surface area contributed by atoms with Crippen LogP contribution in [0, 0.1) is 12.7 Å². The maximum Gasteiger partial charge on any atom is 0.258 e. The Labute approximate surface area is 150 Å². The lowest BCUT2D eigenvalue weighted by molar-refractivity contribution is 0.0775. The molecule has 0 saturated heterocycles. The molecule has 2 heterocycles. The lowest BCUT2D eigenvalue weighted by Gasteiger charge is -2.18. The molecule has 2 aromatic heterocycles. The summed E-state index contributed by atoms with van der Waals surface area (Å²) in [6, 6.07) is 7.55. The van der Waals surface area contributed by atoms with Gasteiger partial charge in [0, 0.05) is 12.7 Å². The molecule has 0 N–H and O–H groups in total. The minimum absolute atomic E-state index is 0.152. The average molecular weight is 357 g/mol. The van der Waals surface area contributed by atoms with E-state index in [1.165, 1.54) is 12.1 Å². The van der Waals surface area contributed by atoms with E-state index in [9.17, 15) is 9.18 Å². The van der Waals surface area contributed by atoms with E-state index in [-0.39, 0.29) is 11.7 Å². The summed E-state index contributed by atoms with van der Waals surface area (Å²) in [5, 5.41) is 4.56. The van der Waals surface area contributed by atoms with Crippen LogP contribution in [0.4, 0.5) is 4.39 Å². The molecule has 0 fully saturated rings. The summed E-state index contributed by atoms with van der Waals surface area (Å²) in [5.74, 6) is 0.0879. The first-order chi connectivity index (χ1) is 12.5. The fourth-order valence-electron chi connectivity index (χ4n) is 2.63. The third-order valence-electron chi connectivity index (χ3n) is 4.12. The van der Waals surface area contributed by atoms with Gasteiger partial charge in [0.05, 0.1) is 23.2 Å². The molecule has 0 saturated carbocycles. The van der Waals surface area contributed by atoms with Crippen LogP contribution in [0.5, 0.6) is 5.75 Å². The second-order valence-electron chi connectivity index (χ2n) is 5.99. The van der Waals surface area contributed by atoms with Crippen LogP contribution in [-0.2, 0) is 6.42 Å². The Kier molecular flexibility index (Phi) is 5.16. The first-order valence-electron chi connectivity index (χ1n) is 8.39. The lowest BCUT2D eigenvalue weighted by Crippen LogP contribution is -2.31. The Balaban J connectivity index is 1.72. The molecule has 7 heteroatoms. The number of hydrogen-bond donors (Lipinski definition) is 0. The smallest absolute Gasteiger partial charge is 0.258 e. The minimum Gasteiger partial charge on any atom is -0.492 e. The van der Waals surface area contributed by atoms with E-state index in [1.54, 1.807) is 37.1 Å². The van der Waals surface area contributed by atoms with Gasteiger partial charge in [-0.05, 0) is 43.7 Å². The highest BCUT2D eigenvalue weighted by atomic mass is 19.1. The summed E-state index contributed by atoms with van der Waals surface area (Å²) in [7, 11) is 1.71. The van der Waals surface area contributed by atoms with Crippen molar-refractivity contribution in [2.24, 2.45) is 0 Å². The van der Waals surface area contributed by atoms with Gasteiger partial charge in [0.2, 0.25) is 0 Å². The van der Waals surface area contributed by atoms with Gasteiger partial charge in [-0.1, -0.05) is 12.1 Å². The van der Waals surface area contributed by atoms with E-state index in [0.29, 0.717) is 47.7 Å². The first kappa shape index (κ1) is 17.8. The lowest BCUT2D eigenvalue weighted by atomic mass is 10.1. The Morgan fingerprint density at radius 1 is 1.31 bits per heavy atom. The summed E-state index contributed by atoms with van der Waals surface area (Å²) in [4.78, 5) is 18.8. The summed E-state index contributed by atoms with van der Waals surface area (Å²) >= 11 is 0. The van der Waals surface area contributed by atoms with Gasteiger partial charge < -0.3 is 14.2 Å². The molecule has 3 rings (SSSR count). The zero-order valence-electron chi connectivity index (χ0n) is 15.0. The highest BCUT2D eigenvalue weighted by Gasteiger charge is 2.21. The normalized spacial score (nSPS) is 10.9. The maximum absolute atomic E-state index is 12.9. The third kappa shape index (κ3) is 3.66. The number of ether oxygens (including phenoxy) is 1.